The fourth-order valence-electron chi connectivity index (χ4n) is 2.63. The van der Waals surface area contributed by atoms with Crippen LogP contribution in [-0.2, 0) is 15.9 Å². The molecule has 4 nitrogen and oxygen atoms in total. The van der Waals surface area contributed by atoms with E-state index in [1.165, 1.54) is 5.56 Å². The van der Waals surface area contributed by atoms with Gasteiger partial charge in [0.25, 0.3) is 0 Å². The van der Waals surface area contributed by atoms with Crippen LogP contribution in [-0.4, -0.2) is 48.8 Å². The Bertz CT molecular complexity index is 469. The van der Waals surface area contributed by atoms with Gasteiger partial charge in [-0.2, -0.15) is 0 Å². The molecule has 2 unspecified atom stereocenters. The highest BCUT2D eigenvalue weighted by molar-refractivity contribution is 5.63. The molecule has 0 aromatic heterocycles. The van der Waals surface area contributed by atoms with Crippen LogP contribution in [0.3, 0.4) is 0 Å². The lowest BCUT2D eigenvalue weighted by Crippen LogP contribution is -2.18. The number of aliphatic hydroxyl groups excluding tert-OH is 2. The van der Waals surface area contributed by atoms with Crippen LogP contribution in [0.1, 0.15) is 36.8 Å². The van der Waals surface area contributed by atoms with E-state index in [2.05, 4.69) is 18.7 Å². The molecule has 2 N–H and O–H groups in total. The highest BCUT2D eigenvalue weighted by Crippen LogP contribution is 2.19. The Morgan fingerprint density at radius 3 is 2.17 bits per heavy atom. The molecule has 0 spiro atoms. The van der Waals surface area contributed by atoms with Crippen molar-refractivity contribution in [3.05, 3.63) is 42.0 Å². The molecule has 2 aliphatic heterocycles. The number of aliphatic hydroxyl groups is 2. The van der Waals surface area contributed by atoms with Crippen LogP contribution < -0.4 is 0 Å². The van der Waals surface area contributed by atoms with Gasteiger partial charge in [0, 0.05) is 19.6 Å². The van der Waals surface area contributed by atoms with E-state index < -0.39 is 12.2 Å². The molecule has 2 heterocycles. The summed E-state index contributed by atoms with van der Waals surface area (Å²) in [5, 5.41) is 20.0. The van der Waals surface area contributed by atoms with E-state index in [1.54, 1.807) is 0 Å². The molecule has 0 saturated heterocycles. The predicted octanol–water partition coefficient (Wildman–Crippen LogP) is 2.57. The van der Waals surface area contributed by atoms with Gasteiger partial charge < -0.3 is 19.7 Å². The van der Waals surface area contributed by atoms with Gasteiger partial charge >= 0.3 is 0 Å². The molecule has 0 aliphatic carbocycles. The zero-order chi connectivity index (χ0) is 16.5. The zero-order valence-electron chi connectivity index (χ0n) is 13.7. The van der Waals surface area contributed by atoms with E-state index in [-0.39, 0.29) is 0 Å². The molecule has 0 fully saturated rings. The second-order valence-corrected chi connectivity index (χ2v) is 6.21. The molecular weight excluding hydrogens is 292 g/mol. The van der Waals surface area contributed by atoms with Crippen molar-refractivity contribution in [2.24, 2.45) is 0 Å². The van der Waals surface area contributed by atoms with Crippen molar-refractivity contribution < 1.29 is 19.7 Å². The van der Waals surface area contributed by atoms with Crippen molar-refractivity contribution in [1.82, 2.24) is 0 Å². The largest absolute Gasteiger partial charge is 0.391 e. The molecule has 128 valence electrons. The summed E-state index contributed by atoms with van der Waals surface area (Å²) >= 11 is 0. The SMILES string of the molecule is C=C1CC(O)COCCCCOCC(O)CCc2ccc1cc2. The lowest BCUT2D eigenvalue weighted by atomic mass is 9.99. The van der Waals surface area contributed by atoms with Gasteiger partial charge in [-0.15, -0.1) is 0 Å². The third kappa shape index (κ3) is 6.83. The summed E-state index contributed by atoms with van der Waals surface area (Å²) < 4.78 is 11.0. The molecule has 23 heavy (non-hydrogen) atoms. The summed E-state index contributed by atoms with van der Waals surface area (Å²) in [4.78, 5) is 0. The van der Waals surface area contributed by atoms with Crippen LogP contribution in [0.4, 0.5) is 0 Å². The molecule has 0 radical (unpaired) electrons. The van der Waals surface area contributed by atoms with Crippen molar-refractivity contribution >= 4 is 5.57 Å². The second kappa shape index (κ2) is 9.83. The van der Waals surface area contributed by atoms with E-state index in [0.717, 1.165) is 30.4 Å². The van der Waals surface area contributed by atoms with E-state index in [4.69, 9.17) is 9.47 Å². The molecule has 0 saturated carbocycles. The van der Waals surface area contributed by atoms with Crippen LogP contribution in [0.2, 0.25) is 0 Å². The standard InChI is InChI=1S/C19H28O4/c1-15-12-19(21)14-23-11-3-2-10-22-13-18(20)9-6-16-4-7-17(15)8-5-16/h4-5,7-8,18-21H,1-3,6,9-14H2. The molecule has 1 aromatic carbocycles. The predicted molar refractivity (Wildman–Crippen MR) is 91.3 cm³/mol. The summed E-state index contributed by atoms with van der Waals surface area (Å²) in [6, 6.07) is 8.16. The van der Waals surface area contributed by atoms with Gasteiger partial charge in [0.2, 0.25) is 0 Å². The van der Waals surface area contributed by atoms with Gasteiger partial charge in [-0.05, 0) is 42.4 Å². The first-order valence-electron chi connectivity index (χ1n) is 8.44. The Labute approximate surface area is 138 Å². The number of rotatable bonds is 0. The first-order valence-corrected chi connectivity index (χ1v) is 8.44. The molecule has 2 atom stereocenters. The maximum absolute atomic E-state index is 10.0. The first kappa shape index (κ1) is 18.1. The van der Waals surface area contributed by atoms with Crippen molar-refractivity contribution in [1.29, 1.82) is 0 Å². The molecule has 1 aromatic rings. The number of fused-ring (bicyclic) bond motifs is 15. The van der Waals surface area contributed by atoms with Gasteiger partial charge in [-0.3, -0.25) is 0 Å². The smallest absolute Gasteiger partial charge is 0.0813 e. The van der Waals surface area contributed by atoms with Gasteiger partial charge in [0.05, 0.1) is 25.4 Å². The Morgan fingerprint density at radius 2 is 1.52 bits per heavy atom. The Balaban J connectivity index is 1.97. The molecule has 0 amide bonds. The fraction of sp³-hybridized carbons (Fsp3) is 0.579. The minimum Gasteiger partial charge on any atom is -0.391 e. The number of aryl methyl sites for hydroxylation is 1. The minimum atomic E-state index is -0.521. The molecular formula is C19H28O4. The third-order valence-electron chi connectivity index (χ3n) is 4.06. The van der Waals surface area contributed by atoms with Crippen LogP contribution in [0.15, 0.2) is 30.8 Å². The first-order chi connectivity index (χ1) is 11.1. The highest BCUT2D eigenvalue weighted by Gasteiger charge is 2.10. The van der Waals surface area contributed by atoms with Gasteiger partial charge in [0.15, 0.2) is 0 Å². The summed E-state index contributed by atoms with van der Waals surface area (Å²) in [6.45, 7) is 6.03. The molecule has 4 heteroatoms. The lowest BCUT2D eigenvalue weighted by molar-refractivity contribution is 0.0203. The normalized spacial score (nSPS) is 25.7. The lowest BCUT2D eigenvalue weighted by Gasteiger charge is -2.15. The number of benzene rings is 1. The zero-order valence-corrected chi connectivity index (χ0v) is 13.7. The maximum Gasteiger partial charge on any atom is 0.0813 e. The van der Waals surface area contributed by atoms with Gasteiger partial charge in [-0.25, -0.2) is 0 Å². The van der Waals surface area contributed by atoms with Crippen molar-refractivity contribution in [2.45, 2.75) is 44.3 Å². The van der Waals surface area contributed by atoms with Crippen molar-refractivity contribution in [3.8, 4) is 0 Å². The summed E-state index contributed by atoms with van der Waals surface area (Å²) in [6.07, 6.45) is 2.89. The number of ether oxygens (including phenoxy) is 2. The summed E-state index contributed by atoms with van der Waals surface area (Å²) in [7, 11) is 0. The average Bonchev–Trinajstić information content (AvgIpc) is 2.55. The summed E-state index contributed by atoms with van der Waals surface area (Å²) in [5.41, 5.74) is 3.14. The van der Waals surface area contributed by atoms with Crippen LogP contribution in [0, 0.1) is 0 Å². The van der Waals surface area contributed by atoms with Crippen LogP contribution >= 0.6 is 0 Å². The van der Waals surface area contributed by atoms with Crippen molar-refractivity contribution in [3.63, 3.8) is 0 Å². The Morgan fingerprint density at radius 1 is 0.913 bits per heavy atom. The monoisotopic (exact) mass is 320 g/mol. The van der Waals surface area contributed by atoms with E-state index in [9.17, 15) is 10.2 Å². The molecule has 2 bridgehead atoms. The van der Waals surface area contributed by atoms with Gasteiger partial charge in [0.1, 0.15) is 0 Å². The van der Waals surface area contributed by atoms with Gasteiger partial charge in [-0.1, -0.05) is 30.8 Å². The highest BCUT2D eigenvalue weighted by atomic mass is 16.5. The Kier molecular flexibility index (Phi) is 7.76. The topological polar surface area (TPSA) is 58.9 Å². The molecule has 3 rings (SSSR count). The van der Waals surface area contributed by atoms with E-state index in [0.29, 0.717) is 39.3 Å². The third-order valence-corrected chi connectivity index (χ3v) is 4.06. The quantitative estimate of drug-likeness (QED) is 0.771. The van der Waals surface area contributed by atoms with Crippen LogP contribution in [0.5, 0.6) is 0 Å². The fourth-order valence-corrected chi connectivity index (χ4v) is 2.63. The van der Waals surface area contributed by atoms with Crippen molar-refractivity contribution in [2.75, 3.05) is 26.4 Å². The summed E-state index contributed by atoms with van der Waals surface area (Å²) in [5.74, 6) is 0. The van der Waals surface area contributed by atoms with E-state index >= 15 is 0 Å². The van der Waals surface area contributed by atoms with E-state index in [1.807, 2.05) is 12.1 Å². The number of hydrogen-bond acceptors (Lipinski definition) is 4. The Hall–Kier alpha value is -1.20. The average molecular weight is 320 g/mol. The maximum atomic E-state index is 10.0. The second-order valence-electron chi connectivity index (χ2n) is 6.21. The number of hydrogen-bond donors (Lipinski definition) is 2. The molecule has 2 aliphatic rings. The minimum absolute atomic E-state index is 0.330. The van der Waals surface area contributed by atoms with Crippen LogP contribution in [0.25, 0.3) is 5.57 Å².